The zero-order valence-electron chi connectivity index (χ0n) is 21.5. The second-order valence-corrected chi connectivity index (χ2v) is 9.82. The van der Waals surface area contributed by atoms with Crippen molar-refractivity contribution in [2.45, 2.75) is 59.3 Å². The second kappa shape index (κ2) is 9.95. The minimum absolute atomic E-state index is 0.00633. The number of nitrogens with one attached hydrogen (secondary N) is 1. The van der Waals surface area contributed by atoms with Gasteiger partial charge in [0.15, 0.2) is 0 Å². The zero-order chi connectivity index (χ0) is 26.0. The highest BCUT2D eigenvalue weighted by molar-refractivity contribution is 5.93. The average molecular weight is 490 g/mol. The van der Waals surface area contributed by atoms with E-state index in [1.807, 2.05) is 51.4 Å². The van der Waals surface area contributed by atoms with Crippen LogP contribution in [-0.4, -0.2) is 51.2 Å². The molecule has 1 aromatic carbocycles. The zero-order valence-corrected chi connectivity index (χ0v) is 21.5. The Hall–Kier alpha value is -3.97. The Labute approximate surface area is 210 Å². The summed E-state index contributed by atoms with van der Waals surface area (Å²) >= 11 is 0. The van der Waals surface area contributed by atoms with Gasteiger partial charge in [-0.15, -0.1) is 0 Å². The van der Waals surface area contributed by atoms with Gasteiger partial charge in [-0.2, -0.15) is 10.4 Å². The third-order valence-corrected chi connectivity index (χ3v) is 5.72. The van der Waals surface area contributed by atoms with E-state index < -0.39 is 11.7 Å². The molecule has 4 rings (SSSR count). The molecule has 2 aromatic heterocycles. The van der Waals surface area contributed by atoms with Crippen LogP contribution in [0.4, 0.5) is 22.2 Å². The van der Waals surface area contributed by atoms with Crippen molar-refractivity contribution >= 4 is 23.5 Å². The molecule has 1 aliphatic rings. The van der Waals surface area contributed by atoms with Gasteiger partial charge in [0.2, 0.25) is 5.95 Å². The van der Waals surface area contributed by atoms with Crippen LogP contribution >= 0.6 is 0 Å². The normalized spacial score (nSPS) is 13.8. The van der Waals surface area contributed by atoms with E-state index >= 15 is 0 Å². The van der Waals surface area contributed by atoms with E-state index in [-0.39, 0.29) is 6.10 Å². The molecule has 3 aromatic rings. The molecule has 1 amide bonds. The van der Waals surface area contributed by atoms with E-state index in [0.29, 0.717) is 42.4 Å². The molecule has 1 N–H and O–H groups in total. The summed E-state index contributed by atoms with van der Waals surface area (Å²) in [6, 6.07) is 9.69. The van der Waals surface area contributed by atoms with Gasteiger partial charge in [-0.25, -0.2) is 19.4 Å². The molecular formula is C26H31N7O3. The maximum absolute atomic E-state index is 12.7. The minimum atomic E-state index is -0.619. The summed E-state index contributed by atoms with van der Waals surface area (Å²) in [6.07, 6.45) is 1.84. The summed E-state index contributed by atoms with van der Waals surface area (Å²) in [7, 11) is 1.67. The Balaban J connectivity index is 1.62. The number of aromatic nitrogens is 4. The van der Waals surface area contributed by atoms with Crippen LogP contribution in [0.25, 0.3) is 11.3 Å². The lowest BCUT2D eigenvalue weighted by molar-refractivity contribution is 0.0584. The Kier molecular flexibility index (Phi) is 6.95. The second-order valence-electron chi connectivity index (χ2n) is 9.82. The number of rotatable bonds is 6. The fourth-order valence-electron chi connectivity index (χ4n) is 4.08. The number of amides is 1. The lowest BCUT2D eigenvalue weighted by Gasteiger charge is -2.25. The highest BCUT2D eigenvalue weighted by Gasteiger charge is 2.31. The van der Waals surface area contributed by atoms with Crippen molar-refractivity contribution in [3.8, 4) is 17.3 Å². The number of carbonyl (C=O) groups is 1. The summed E-state index contributed by atoms with van der Waals surface area (Å²) < 4.78 is 12.7. The van der Waals surface area contributed by atoms with Gasteiger partial charge in [-0.1, -0.05) is 0 Å². The standard InChI is InChI=1S/C26H31N7O3/c1-16-11-22(33(31-16)15-17(2)35-6)30-24-28-9-7-21(29-24)19-12-18-8-10-32(23(18)20(13-19)14-27)25(34)36-26(3,4)5/h7,9,11-13,17H,8,10,15H2,1-6H3,(H,28,29,30). The number of nitrogens with zero attached hydrogens (tertiary/aromatic N) is 6. The number of hydrogen-bond donors (Lipinski definition) is 1. The SMILES string of the molecule is COC(C)Cn1nc(C)cc1Nc1nccc(-c2cc(C#N)c3c(c2)CCN3C(=O)OC(C)(C)C)n1. The first-order valence-corrected chi connectivity index (χ1v) is 11.8. The molecule has 0 radical (unpaired) electrons. The predicted octanol–water partition coefficient (Wildman–Crippen LogP) is 4.60. The number of carbonyl (C=O) groups excluding carboxylic acids is 1. The molecule has 3 heterocycles. The molecule has 0 bridgehead atoms. The molecular weight excluding hydrogens is 458 g/mol. The molecule has 36 heavy (non-hydrogen) atoms. The fraction of sp³-hybridized carbons (Fsp3) is 0.423. The van der Waals surface area contributed by atoms with Crippen LogP contribution in [0.1, 0.15) is 44.5 Å². The molecule has 0 saturated carbocycles. The van der Waals surface area contributed by atoms with Crippen molar-refractivity contribution in [3.63, 3.8) is 0 Å². The highest BCUT2D eigenvalue weighted by Crippen LogP contribution is 2.36. The van der Waals surface area contributed by atoms with Gasteiger partial charge >= 0.3 is 6.09 Å². The smallest absolute Gasteiger partial charge is 0.414 e. The van der Waals surface area contributed by atoms with Crippen molar-refractivity contribution in [1.29, 1.82) is 5.26 Å². The van der Waals surface area contributed by atoms with E-state index in [4.69, 9.17) is 9.47 Å². The first-order chi connectivity index (χ1) is 17.1. The fourth-order valence-corrected chi connectivity index (χ4v) is 4.08. The van der Waals surface area contributed by atoms with Crippen LogP contribution in [0.5, 0.6) is 0 Å². The van der Waals surface area contributed by atoms with Gasteiger partial charge in [-0.3, -0.25) is 4.90 Å². The number of nitriles is 1. The largest absolute Gasteiger partial charge is 0.443 e. The van der Waals surface area contributed by atoms with Crippen molar-refractivity contribution in [3.05, 3.63) is 47.3 Å². The monoisotopic (exact) mass is 489 g/mol. The van der Waals surface area contributed by atoms with Gasteiger partial charge < -0.3 is 14.8 Å². The molecule has 0 saturated heterocycles. The van der Waals surface area contributed by atoms with Crippen molar-refractivity contribution in [2.24, 2.45) is 0 Å². The van der Waals surface area contributed by atoms with Gasteiger partial charge in [0.1, 0.15) is 17.5 Å². The van der Waals surface area contributed by atoms with Crippen LogP contribution in [0, 0.1) is 18.3 Å². The van der Waals surface area contributed by atoms with Gasteiger partial charge in [-0.05, 0) is 64.8 Å². The number of anilines is 3. The molecule has 0 spiro atoms. The molecule has 0 fully saturated rings. The average Bonchev–Trinajstić information content (AvgIpc) is 3.40. The molecule has 188 valence electrons. The summed E-state index contributed by atoms with van der Waals surface area (Å²) in [5.41, 5.74) is 3.60. The van der Waals surface area contributed by atoms with Crippen molar-refractivity contribution < 1.29 is 14.3 Å². The molecule has 1 atom stereocenters. The maximum atomic E-state index is 12.7. The van der Waals surface area contributed by atoms with Crippen molar-refractivity contribution in [1.82, 2.24) is 19.7 Å². The van der Waals surface area contributed by atoms with Gasteiger partial charge in [0, 0.05) is 31.5 Å². The Morgan fingerprint density at radius 3 is 2.78 bits per heavy atom. The Bertz CT molecular complexity index is 1320. The van der Waals surface area contributed by atoms with Crippen molar-refractivity contribution in [2.75, 3.05) is 23.9 Å². The molecule has 10 nitrogen and oxygen atoms in total. The molecule has 1 unspecified atom stereocenters. The van der Waals surface area contributed by atoms with Gasteiger partial charge in [0.05, 0.1) is 35.3 Å². The third kappa shape index (κ3) is 5.47. The summed E-state index contributed by atoms with van der Waals surface area (Å²) in [4.78, 5) is 23.3. The first kappa shape index (κ1) is 25.1. The van der Waals surface area contributed by atoms with E-state index in [2.05, 4.69) is 26.5 Å². The van der Waals surface area contributed by atoms with Crippen LogP contribution in [0.3, 0.4) is 0 Å². The third-order valence-electron chi connectivity index (χ3n) is 5.72. The molecule has 0 aliphatic carbocycles. The van der Waals surface area contributed by atoms with E-state index in [9.17, 15) is 10.1 Å². The number of ether oxygens (including phenoxy) is 2. The van der Waals surface area contributed by atoms with Crippen LogP contribution in [-0.2, 0) is 22.4 Å². The van der Waals surface area contributed by atoms with Crippen LogP contribution in [0.2, 0.25) is 0 Å². The number of aryl methyl sites for hydroxylation is 1. The predicted molar refractivity (Wildman–Crippen MR) is 136 cm³/mol. The van der Waals surface area contributed by atoms with E-state index in [0.717, 1.165) is 22.6 Å². The lowest BCUT2D eigenvalue weighted by Crippen LogP contribution is -2.36. The number of methoxy groups -OCH3 is 1. The minimum Gasteiger partial charge on any atom is -0.443 e. The number of benzene rings is 1. The highest BCUT2D eigenvalue weighted by atomic mass is 16.6. The van der Waals surface area contributed by atoms with E-state index in [1.54, 1.807) is 30.3 Å². The topological polar surface area (TPSA) is 118 Å². The quantitative estimate of drug-likeness (QED) is 0.534. The van der Waals surface area contributed by atoms with Crippen LogP contribution in [0.15, 0.2) is 30.5 Å². The number of hydrogen-bond acceptors (Lipinski definition) is 8. The lowest BCUT2D eigenvalue weighted by atomic mass is 10.0. The Morgan fingerprint density at radius 1 is 1.31 bits per heavy atom. The summed E-state index contributed by atoms with van der Waals surface area (Å²) in [6.45, 7) is 10.4. The van der Waals surface area contributed by atoms with E-state index in [1.165, 1.54) is 0 Å². The van der Waals surface area contributed by atoms with Gasteiger partial charge in [0.25, 0.3) is 0 Å². The maximum Gasteiger partial charge on any atom is 0.414 e. The first-order valence-electron chi connectivity index (χ1n) is 11.8. The Morgan fingerprint density at radius 2 is 2.08 bits per heavy atom. The molecule has 10 heteroatoms. The number of fused-ring (bicyclic) bond motifs is 1. The molecule has 1 aliphatic heterocycles. The summed E-state index contributed by atoms with van der Waals surface area (Å²) in [5, 5.41) is 17.7. The summed E-state index contributed by atoms with van der Waals surface area (Å²) in [5.74, 6) is 1.17. The van der Waals surface area contributed by atoms with Crippen LogP contribution < -0.4 is 10.2 Å².